The summed E-state index contributed by atoms with van der Waals surface area (Å²) in [5.74, 6) is -0.732. The number of hydrazone groups is 1. The van der Waals surface area contributed by atoms with E-state index < -0.39 is 5.91 Å². The van der Waals surface area contributed by atoms with E-state index in [1.165, 1.54) is 12.3 Å². The molecule has 1 amide bonds. The van der Waals surface area contributed by atoms with Crippen molar-refractivity contribution in [1.29, 1.82) is 0 Å². The number of nitrogens with zero attached hydrogens (tertiary/aromatic N) is 2. The summed E-state index contributed by atoms with van der Waals surface area (Å²) >= 11 is 5.93. The lowest BCUT2D eigenvalue weighted by molar-refractivity contribution is 0.0929. The second kappa shape index (κ2) is 7.09. The van der Waals surface area contributed by atoms with Crippen LogP contribution in [-0.2, 0) is 0 Å². The molecule has 4 rings (SSSR count). The normalized spacial score (nSPS) is 11.3. The third-order valence-corrected chi connectivity index (χ3v) is 4.19. The number of rotatable bonds is 4. The van der Waals surface area contributed by atoms with Gasteiger partial charge in [-0.3, -0.25) is 4.79 Å². The van der Waals surface area contributed by atoms with E-state index in [1.54, 1.807) is 65.4 Å². The molecule has 2 heterocycles. The minimum Gasteiger partial charge on any atom is -0.451 e. The SMILES string of the molecule is O=C(N/N=C/c1cccn1-c1ccccc1F)c1cc2cc(Cl)ccc2o1. The Morgan fingerprint density at radius 1 is 1.15 bits per heavy atom. The topological polar surface area (TPSA) is 59.5 Å². The van der Waals surface area contributed by atoms with Gasteiger partial charge in [0.05, 0.1) is 17.6 Å². The van der Waals surface area contributed by atoms with Gasteiger partial charge in [0.25, 0.3) is 0 Å². The molecule has 27 heavy (non-hydrogen) atoms. The predicted octanol–water partition coefficient (Wildman–Crippen LogP) is 4.78. The van der Waals surface area contributed by atoms with E-state index in [2.05, 4.69) is 10.5 Å². The quantitative estimate of drug-likeness (QED) is 0.408. The van der Waals surface area contributed by atoms with E-state index in [0.717, 1.165) is 5.39 Å². The van der Waals surface area contributed by atoms with Gasteiger partial charge in [-0.1, -0.05) is 23.7 Å². The van der Waals surface area contributed by atoms with Crippen molar-refractivity contribution >= 4 is 34.7 Å². The number of carbonyl (C=O) groups excluding carboxylic acids is 1. The number of aromatic nitrogens is 1. The van der Waals surface area contributed by atoms with Crippen LogP contribution in [0.15, 0.2) is 76.4 Å². The molecule has 0 aliphatic carbocycles. The lowest BCUT2D eigenvalue weighted by Crippen LogP contribution is -2.17. The molecule has 5 nitrogen and oxygen atoms in total. The van der Waals surface area contributed by atoms with Gasteiger partial charge in [0.1, 0.15) is 11.4 Å². The Labute approximate surface area is 158 Å². The number of carbonyl (C=O) groups is 1. The zero-order valence-electron chi connectivity index (χ0n) is 13.9. The average Bonchev–Trinajstić information content (AvgIpc) is 3.28. The van der Waals surface area contributed by atoms with Crippen LogP contribution in [0, 0.1) is 5.82 Å². The fourth-order valence-corrected chi connectivity index (χ4v) is 2.88. The van der Waals surface area contributed by atoms with Crippen LogP contribution in [0.3, 0.4) is 0 Å². The van der Waals surface area contributed by atoms with E-state index in [0.29, 0.717) is 22.0 Å². The monoisotopic (exact) mass is 381 g/mol. The number of benzene rings is 2. The van der Waals surface area contributed by atoms with Crippen molar-refractivity contribution in [3.05, 3.63) is 89.2 Å². The molecular weight excluding hydrogens is 369 g/mol. The molecule has 0 aliphatic heterocycles. The molecule has 0 bridgehead atoms. The summed E-state index contributed by atoms with van der Waals surface area (Å²) in [6.07, 6.45) is 3.15. The maximum absolute atomic E-state index is 14.0. The number of fused-ring (bicyclic) bond motifs is 1. The first-order chi connectivity index (χ1) is 13.1. The molecule has 0 aliphatic rings. The third kappa shape index (κ3) is 3.47. The van der Waals surface area contributed by atoms with Crippen LogP contribution >= 0.6 is 11.6 Å². The van der Waals surface area contributed by atoms with Gasteiger partial charge in [0.2, 0.25) is 0 Å². The molecule has 134 valence electrons. The lowest BCUT2D eigenvalue weighted by Gasteiger charge is -2.07. The second-order valence-electron chi connectivity index (χ2n) is 5.75. The maximum Gasteiger partial charge on any atom is 0.307 e. The number of para-hydroxylation sites is 1. The zero-order valence-corrected chi connectivity index (χ0v) is 14.7. The summed E-state index contributed by atoms with van der Waals surface area (Å²) in [5, 5.41) is 5.22. The molecular formula is C20H13ClFN3O2. The Hall–Kier alpha value is -3.38. The molecule has 1 N–H and O–H groups in total. The average molecular weight is 382 g/mol. The second-order valence-corrected chi connectivity index (χ2v) is 6.18. The van der Waals surface area contributed by atoms with Crippen LogP contribution in [0.4, 0.5) is 4.39 Å². The Balaban J connectivity index is 1.52. The number of furan rings is 1. The van der Waals surface area contributed by atoms with Gasteiger partial charge in [-0.15, -0.1) is 0 Å². The van der Waals surface area contributed by atoms with E-state index in [1.807, 2.05) is 0 Å². The Kier molecular flexibility index (Phi) is 4.48. The minimum atomic E-state index is -0.498. The lowest BCUT2D eigenvalue weighted by atomic mass is 10.2. The summed E-state index contributed by atoms with van der Waals surface area (Å²) < 4.78 is 21.1. The molecule has 0 radical (unpaired) electrons. The van der Waals surface area contributed by atoms with Gasteiger partial charge in [-0.05, 0) is 48.5 Å². The van der Waals surface area contributed by atoms with Crippen LogP contribution in [0.2, 0.25) is 5.02 Å². The van der Waals surface area contributed by atoms with Crippen molar-refractivity contribution in [2.75, 3.05) is 0 Å². The predicted molar refractivity (Wildman–Crippen MR) is 102 cm³/mol. The maximum atomic E-state index is 14.0. The van der Waals surface area contributed by atoms with Gasteiger partial charge in [0.15, 0.2) is 5.76 Å². The Morgan fingerprint density at radius 2 is 2.00 bits per heavy atom. The van der Waals surface area contributed by atoms with Crippen molar-refractivity contribution in [2.24, 2.45) is 5.10 Å². The van der Waals surface area contributed by atoms with Gasteiger partial charge >= 0.3 is 5.91 Å². The molecule has 0 saturated heterocycles. The van der Waals surface area contributed by atoms with E-state index in [4.69, 9.17) is 16.0 Å². The van der Waals surface area contributed by atoms with Crippen LogP contribution in [-0.4, -0.2) is 16.7 Å². The van der Waals surface area contributed by atoms with E-state index in [-0.39, 0.29) is 11.6 Å². The molecule has 0 saturated carbocycles. The van der Waals surface area contributed by atoms with Crippen molar-refractivity contribution in [2.45, 2.75) is 0 Å². The van der Waals surface area contributed by atoms with E-state index >= 15 is 0 Å². The smallest absolute Gasteiger partial charge is 0.307 e. The number of amides is 1. The molecule has 0 spiro atoms. The van der Waals surface area contributed by atoms with Gasteiger partial charge < -0.3 is 8.98 Å². The zero-order chi connectivity index (χ0) is 18.8. The fraction of sp³-hybridized carbons (Fsp3) is 0. The van der Waals surface area contributed by atoms with Crippen LogP contribution in [0.5, 0.6) is 0 Å². The first kappa shape index (κ1) is 17.1. The minimum absolute atomic E-state index is 0.119. The van der Waals surface area contributed by atoms with Crippen molar-refractivity contribution in [3.63, 3.8) is 0 Å². The molecule has 0 fully saturated rings. The molecule has 0 atom stereocenters. The van der Waals surface area contributed by atoms with E-state index in [9.17, 15) is 9.18 Å². The highest BCUT2D eigenvalue weighted by Crippen LogP contribution is 2.23. The first-order valence-electron chi connectivity index (χ1n) is 8.06. The summed E-state index contributed by atoms with van der Waals surface area (Å²) in [7, 11) is 0. The molecule has 2 aromatic heterocycles. The summed E-state index contributed by atoms with van der Waals surface area (Å²) in [6.45, 7) is 0. The van der Waals surface area contributed by atoms with Crippen LogP contribution in [0.1, 0.15) is 16.2 Å². The summed E-state index contributed by atoms with van der Waals surface area (Å²) in [5.41, 5.74) is 3.96. The van der Waals surface area contributed by atoms with Gasteiger partial charge in [-0.2, -0.15) is 5.10 Å². The number of hydrogen-bond donors (Lipinski definition) is 1. The molecule has 7 heteroatoms. The summed E-state index contributed by atoms with van der Waals surface area (Å²) in [6, 6.07) is 16.6. The molecule has 2 aromatic carbocycles. The fourth-order valence-electron chi connectivity index (χ4n) is 2.70. The third-order valence-electron chi connectivity index (χ3n) is 3.96. The van der Waals surface area contributed by atoms with Crippen molar-refractivity contribution in [1.82, 2.24) is 9.99 Å². The Bertz CT molecular complexity index is 1160. The van der Waals surface area contributed by atoms with Gasteiger partial charge in [-0.25, -0.2) is 9.82 Å². The van der Waals surface area contributed by atoms with Crippen molar-refractivity contribution in [3.8, 4) is 5.69 Å². The highest BCUT2D eigenvalue weighted by atomic mass is 35.5. The number of hydrogen-bond acceptors (Lipinski definition) is 3. The highest BCUT2D eigenvalue weighted by molar-refractivity contribution is 6.31. The highest BCUT2D eigenvalue weighted by Gasteiger charge is 2.12. The largest absolute Gasteiger partial charge is 0.451 e. The number of nitrogens with one attached hydrogen (secondary N) is 1. The molecule has 0 unspecified atom stereocenters. The van der Waals surface area contributed by atoms with Crippen molar-refractivity contribution < 1.29 is 13.6 Å². The van der Waals surface area contributed by atoms with Gasteiger partial charge in [0, 0.05) is 16.6 Å². The summed E-state index contributed by atoms with van der Waals surface area (Å²) in [4.78, 5) is 12.2. The molecule has 4 aromatic rings. The standard InChI is InChI=1S/C20H13ClFN3O2/c21-14-7-8-18-13(10-14)11-19(27-18)20(26)24-23-12-15-4-3-9-25(15)17-6-2-1-5-16(17)22/h1-12H,(H,24,26)/b23-12+. The van der Waals surface area contributed by atoms with Crippen LogP contribution < -0.4 is 5.43 Å². The van der Waals surface area contributed by atoms with Crippen LogP contribution in [0.25, 0.3) is 16.7 Å². The number of halogens is 2. The Morgan fingerprint density at radius 3 is 2.85 bits per heavy atom. The first-order valence-corrected chi connectivity index (χ1v) is 8.44.